The highest BCUT2D eigenvalue weighted by atomic mass is 19.1. The Balaban J connectivity index is 2.14. The third-order valence-electron chi connectivity index (χ3n) is 3.95. The number of hydrogen-bond donors (Lipinski definition) is 2. The van der Waals surface area contributed by atoms with Crippen molar-refractivity contribution in [2.24, 2.45) is 5.73 Å². The number of likely N-dealkylation sites (N-methyl/N-ethyl adjacent to an activating group) is 1. The number of aryl methyl sites for hydroxylation is 1. The van der Waals surface area contributed by atoms with E-state index in [2.05, 4.69) is 5.32 Å². The molecule has 27 heavy (non-hydrogen) atoms. The minimum absolute atomic E-state index is 0.247. The molecule has 0 aliphatic rings. The fourth-order valence-corrected chi connectivity index (χ4v) is 2.55. The highest BCUT2D eigenvalue weighted by Gasteiger charge is 2.23. The van der Waals surface area contributed by atoms with E-state index in [4.69, 9.17) is 10.5 Å². The Bertz CT molecular complexity index is 840. The topological polar surface area (TPSA) is 67.6 Å². The fourth-order valence-electron chi connectivity index (χ4n) is 2.55. The second-order valence-electron chi connectivity index (χ2n) is 6.07. The molecule has 0 saturated heterocycles. The van der Waals surface area contributed by atoms with Crippen LogP contribution in [0.1, 0.15) is 21.5 Å². The first-order chi connectivity index (χ1) is 12.8. The molecule has 0 heterocycles. The summed E-state index contributed by atoms with van der Waals surface area (Å²) < 4.78 is 32.7. The normalized spacial score (nSPS) is 12.6. The van der Waals surface area contributed by atoms with Gasteiger partial charge in [-0.3, -0.25) is 4.79 Å². The first-order valence-electron chi connectivity index (χ1n) is 8.36. The van der Waals surface area contributed by atoms with Gasteiger partial charge in [-0.1, -0.05) is 29.8 Å². The minimum Gasteiger partial charge on any atom is -0.392 e. The van der Waals surface area contributed by atoms with E-state index in [0.717, 1.165) is 23.3 Å². The lowest BCUT2D eigenvalue weighted by Crippen LogP contribution is -2.39. The maximum atomic E-state index is 13.9. The lowest BCUT2D eigenvalue weighted by Gasteiger charge is -2.26. The summed E-state index contributed by atoms with van der Waals surface area (Å²) in [6.07, 6.45) is 0.565. The Kier molecular flexibility index (Phi) is 7.04. The molecular weight excluding hydrogens is 352 g/mol. The molecule has 0 aliphatic carbocycles. The molecule has 0 radical (unpaired) electrons. The molecule has 5 nitrogen and oxygen atoms in total. The first kappa shape index (κ1) is 20.5. The molecule has 0 saturated carbocycles. The van der Waals surface area contributed by atoms with Gasteiger partial charge < -0.3 is 20.7 Å². The van der Waals surface area contributed by atoms with Gasteiger partial charge in [0.05, 0.1) is 17.9 Å². The Morgan fingerprint density at radius 1 is 1.30 bits per heavy atom. The molecule has 144 valence electrons. The summed E-state index contributed by atoms with van der Waals surface area (Å²) in [4.78, 5) is 13.8. The van der Waals surface area contributed by atoms with Crippen molar-refractivity contribution >= 4 is 5.91 Å². The van der Waals surface area contributed by atoms with Crippen molar-refractivity contribution in [3.8, 4) is 0 Å². The van der Waals surface area contributed by atoms with Gasteiger partial charge in [-0.15, -0.1) is 0 Å². The van der Waals surface area contributed by atoms with Crippen LogP contribution in [-0.2, 0) is 11.3 Å². The smallest absolute Gasteiger partial charge is 0.260 e. The van der Waals surface area contributed by atoms with Gasteiger partial charge in [-0.2, -0.15) is 0 Å². The highest BCUT2D eigenvalue weighted by Crippen LogP contribution is 2.17. The molecule has 2 aromatic rings. The fraction of sp³-hybridized carbons (Fsp3) is 0.250. The van der Waals surface area contributed by atoms with Gasteiger partial charge >= 0.3 is 0 Å². The average Bonchev–Trinajstić information content (AvgIpc) is 2.63. The Hall–Kier alpha value is -2.77. The number of halogens is 2. The van der Waals surface area contributed by atoms with Crippen molar-refractivity contribution in [1.82, 2.24) is 10.2 Å². The summed E-state index contributed by atoms with van der Waals surface area (Å²) in [5.41, 5.74) is 8.17. The standard InChI is InChI=1S/C20H23F2N3O2/c1-13-5-4-6-14(9-13)12-27-19(23)18(11-24-2)25(3)20(26)16-8-7-15(21)10-17(16)22/h4-11,19,24H,12,23H2,1-3H3/b18-11+. The van der Waals surface area contributed by atoms with Crippen LogP contribution < -0.4 is 11.1 Å². The number of ether oxygens (including phenoxy) is 1. The monoisotopic (exact) mass is 375 g/mol. The Morgan fingerprint density at radius 2 is 2.04 bits per heavy atom. The summed E-state index contributed by atoms with van der Waals surface area (Å²) >= 11 is 0. The summed E-state index contributed by atoms with van der Waals surface area (Å²) in [7, 11) is 3.09. The van der Waals surface area contributed by atoms with Gasteiger partial charge in [-0.25, -0.2) is 8.78 Å². The van der Waals surface area contributed by atoms with Gasteiger partial charge in [-0.05, 0) is 24.6 Å². The molecule has 0 aromatic heterocycles. The summed E-state index contributed by atoms with van der Waals surface area (Å²) in [5.74, 6) is -2.36. The zero-order chi connectivity index (χ0) is 20.0. The van der Waals surface area contributed by atoms with Crippen LogP contribution >= 0.6 is 0 Å². The quantitative estimate of drug-likeness (QED) is 0.731. The highest BCUT2D eigenvalue weighted by molar-refractivity contribution is 5.95. The van der Waals surface area contributed by atoms with Crippen LogP contribution in [0.15, 0.2) is 54.4 Å². The molecule has 0 spiro atoms. The molecule has 1 amide bonds. The van der Waals surface area contributed by atoms with E-state index in [1.165, 1.54) is 18.1 Å². The number of hydrogen-bond acceptors (Lipinski definition) is 4. The number of carbonyl (C=O) groups excluding carboxylic acids is 1. The van der Waals surface area contributed by atoms with Gasteiger partial charge in [0.1, 0.15) is 17.9 Å². The second kappa shape index (κ2) is 9.25. The molecule has 1 atom stereocenters. The number of amides is 1. The van der Waals surface area contributed by atoms with Crippen molar-refractivity contribution in [2.45, 2.75) is 19.8 Å². The van der Waals surface area contributed by atoms with E-state index < -0.39 is 23.8 Å². The van der Waals surface area contributed by atoms with E-state index >= 15 is 0 Å². The Morgan fingerprint density at radius 3 is 2.67 bits per heavy atom. The molecule has 0 fully saturated rings. The second-order valence-corrected chi connectivity index (χ2v) is 6.07. The van der Waals surface area contributed by atoms with E-state index in [1.807, 2.05) is 31.2 Å². The maximum Gasteiger partial charge on any atom is 0.260 e. The van der Waals surface area contributed by atoms with Crippen molar-refractivity contribution in [3.63, 3.8) is 0 Å². The van der Waals surface area contributed by atoms with E-state index in [0.29, 0.717) is 11.8 Å². The van der Waals surface area contributed by atoms with Gasteiger partial charge in [0.25, 0.3) is 5.91 Å². The van der Waals surface area contributed by atoms with Gasteiger partial charge in [0.2, 0.25) is 0 Å². The lowest BCUT2D eigenvalue weighted by molar-refractivity contribution is 0.0459. The number of benzene rings is 2. The molecule has 1 unspecified atom stereocenters. The summed E-state index contributed by atoms with van der Waals surface area (Å²) in [6.45, 7) is 2.22. The molecule has 7 heteroatoms. The van der Waals surface area contributed by atoms with Crippen molar-refractivity contribution in [1.29, 1.82) is 0 Å². The van der Waals surface area contributed by atoms with E-state index in [9.17, 15) is 13.6 Å². The van der Waals surface area contributed by atoms with Gasteiger partial charge in [0, 0.05) is 26.4 Å². The third-order valence-corrected chi connectivity index (χ3v) is 3.95. The van der Waals surface area contributed by atoms with Crippen LogP contribution in [0.3, 0.4) is 0 Å². The van der Waals surface area contributed by atoms with Crippen LogP contribution in [-0.4, -0.2) is 31.1 Å². The van der Waals surface area contributed by atoms with Crippen LogP contribution in [0.4, 0.5) is 8.78 Å². The molecule has 2 rings (SSSR count). The number of rotatable bonds is 7. The minimum atomic E-state index is -0.940. The van der Waals surface area contributed by atoms with Gasteiger partial charge in [0.15, 0.2) is 0 Å². The summed E-state index contributed by atoms with van der Waals surface area (Å²) in [5, 5.41) is 2.80. The lowest BCUT2D eigenvalue weighted by atomic mass is 10.1. The molecule has 0 aliphatic heterocycles. The van der Waals surface area contributed by atoms with Crippen LogP contribution in [0.2, 0.25) is 0 Å². The molecule has 0 bridgehead atoms. The van der Waals surface area contributed by atoms with Crippen LogP contribution in [0.5, 0.6) is 0 Å². The largest absolute Gasteiger partial charge is 0.392 e. The molecular formula is C20H23F2N3O2. The molecule has 2 aromatic carbocycles. The first-order valence-corrected chi connectivity index (χ1v) is 8.36. The van der Waals surface area contributed by atoms with E-state index in [1.54, 1.807) is 7.05 Å². The van der Waals surface area contributed by atoms with Crippen molar-refractivity contribution in [2.75, 3.05) is 14.1 Å². The average molecular weight is 375 g/mol. The molecule has 3 N–H and O–H groups in total. The van der Waals surface area contributed by atoms with Crippen LogP contribution in [0, 0.1) is 18.6 Å². The predicted molar refractivity (Wildman–Crippen MR) is 99.5 cm³/mol. The van der Waals surface area contributed by atoms with E-state index in [-0.39, 0.29) is 12.2 Å². The number of nitrogens with one attached hydrogen (secondary N) is 1. The van der Waals surface area contributed by atoms with Crippen molar-refractivity contribution in [3.05, 3.63) is 82.7 Å². The maximum absolute atomic E-state index is 13.9. The summed E-state index contributed by atoms with van der Waals surface area (Å²) in [6, 6.07) is 10.5. The zero-order valence-corrected chi connectivity index (χ0v) is 15.5. The number of carbonyl (C=O) groups is 1. The van der Waals surface area contributed by atoms with Crippen LogP contribution in [0.25, 0.3) is 0 Å². The van der Waals surface area contributed by atoms with Crippen molar-refractivity contribution < 1.29 is 18.3 Å². The zero-order valence-electron chi connectivity index (χ0n) is 15.5. The number of nitrogens with two attached hydrogens (primary N) is 1. The third kappa shape index (κ3) is 5.35. The Labute approximate surface area is 157 Å². The SMILES string of the molecule is CN/C=C(\C(N)OCc1cccc(C)c1)N(C)C(=O)c1ccc(F)cc1F. The number of nitrogens with zero attached hydrogens (tertiary/aromatic N) is 1. The predicted octanol–water partition coefficient (Wildman–Crippen LogP) is 2.91.